The first-order chi connectivity index (χ1) is 14.3. The van der Waals surface area contributed by atoms with Crippen molar-refractivity contribution in [1.82, 2.24) is 4.90 Å². The number of methoxy groups -OCH3 is 4. The number of nitrogens with one attached hydrogen (secondary N) is 1. The zero-order valence-electron chi connectivity index (χ0n) is 18.9. The smallest absolute Gasteiger partial charge is 0.225 e. The highest BCUT2D eigenvalue weighted by molar-refractivity contribution is 5.91. The summed E-state index contributed by atoms with van der Waals surface area (Å²) in [6.45, 7) is 5.46. The number of anilines is 1. The number of amides is 1. The molecular weight excluding hydrogens is 384 g/mol. The first-order valence-corrected chi connectivity index (χ1v) is 9.75. The van der Waals surface area contributed by atoms with E-state index in [0.29, 0.717) is 35.9 Å². The molecule has 0 bridgehead atoms. The Bertz CT molecular complexity index is 834. The van der Waals surface area contributed by atoms with Crippen molar-refractivity contribution in [2.75, 3.05) is 47.3 Å². The predicted octanol–water partition coefficient (Wildman–Crippen LogP) is 3.80. The molecule has 2 aromatic rings. The van der Waals surface area contributed by atoms with Gasteiger partial charge in [0.25, 0.3) is 0 Å². The van der Waals surface area contributed by atoms with Gasteiger partial charge in [-0.1, -0.05) is 12.1 Å². The van der Waals surface area contributed by atoms with E-state index in [-0.39, 0.29) is 5.91 Å². The third kappa shape index (κ3) is 5.79. The van der Waals surface area contributed by atoms with Crippen LogP contribution in [0.2, 0.25) is 0 Å². The fraction of sp³-hybridized carbons (Fsp3) is 0.435. The second-order valence-corrected chi connectivity index (χ2v) is 7.21. The van der Waals surface area contributed by atoms with E-state index in [2.05, 4.69) is 22.3 Å². The molecule has 0 atom stereocenters. The SMILES string of the molecule is COc1cc(NC(=O)CCN(C)Cc2cc(C)c(OC)c(C)c2)cc(OC)c1OC. The minimum absolute atomic E-state index is 0.0850. The Kier molecular flexibility index (Phi) is 8.35. The maximum Gasteiger partial charge on any atom is 0.225 e. The molecule has 0 fully saturated rings. The van der Waals surface area contributed by atoms with E-state index in [1.54, 1.807) is 40.6 Å². The zero-order valence-corrected chi connectivity index (χ0v) is 18.9. The van der Waals surface area contributed by atoms with Gasteiger partial charge in [-0.3, -0.25) is 4.79 Å². The maximum absolute atomic E-state index is 12.4. The molecule has 1 N–H and O–H groups in total. The molecule has 7 heteroatoms. The molecule has 0 saturated heterocycles. The monoisotopic (exact) mass is 416 g/mol. The highest BCUT2D eigenvalue weighted by Gasteiger charge is 2.15. The van der Waals surface area contributed by atoms with E-state index < -0.39 is 0 Å². The lowest BCUT2D eigenvalue weighted by Crippen LogP contribution is -2.24. The molecule has 0 aliphatic rings. The van der Waals surface area contributed by atoms with Crippen molar-refractivity contribution in [3.63, 3.8) is 0 Å². The summed E-state index contributed by atoms with van der Waals surface area (Å²) < 4.78 is 21.4. The molecule has 0 heterocycles. The normalized spacial score (nSPS) is 10.7. The average Bonchev–Trinajstić information content (AvgIpc) is 2.71. The Morgan fingerprint density at radius 2 is 1.40 bits per heavy atom. The summed E-state index contributed by atoms with van der Waals surface area (Å²) in [6, 6.07) is 7.67. The summed E-state index contributed by atoms with van der Waals surface area (Å²) in [6.07, 6.45) is 0.362. The van der Waals surface area contributed by atoms with Gasteiger partial charge in [0, 0.05) is 37.3 Å². The molecule has 2 aromatic carbocycles. The summed E-state index contributed by atoms with van der Waals surface area (Å²) in [5.74, 6) is 2.32. The number of hydrogen-bond acceptors (Lipinski definition) is 6. The van der Waals surface area contributed by atoms with Crippen LogP contribution in [0.4, 0.5) is 5.69 Å². The Morgan fingerprint density at radius 1 is 0.867 bits per heavy atom. The Morgan fingerprint density at radius 3 is 1.87 bits per heavy atom. The second kappa shape index (κ2) is 10.7. The lowest BCUT2D eigenvalue weighted by Gasteiger charge is -2.19. The first kappa shape index (κ1) is 23.3. The quantitative estimate of drug-likeness (QED) is 0.635. The fourth-order valence-corrected chi connectivity index (χ4v) is 3.51. The van der Waals surface area contributed by atoms with Crippen LogP contribution in [-0.2, 0) is 11.3 Å². The number of ether oxygens (including phenoxy) is 4. The van der Waals surface area contributed by atoms with Crippen LogP contribution in [-0.4, -0.2) is 52.8 Å². The molecule has 0 spiro atoms. The molecule has 164 valence electrons. The van der Waals surface area contributed by atoms with Gasteiger partial charge in [0.1, 0.15) is 5.75 Å². The van der Waals surface area contributed by atoms with E-state index in [4.69, 9.17) is 18.9 Å². The standard InChI is InChI=1S/C23H32N2O5/c1-15-10-17(11-16(2)22(15)29-6)14-25(3)9-8-21(26)24-18-12-19(27-4)23(30-7)20(13-18)28-5/h10-13H,8-9,14H2,1-7H3,(H,24,26). The maximum atomic E-state index is 12.4. The molecular formula is C23H32N2O5. The molecule has 2 rings (SSSR count). The van der Waals surface area contributed by atoms with Crippen molar-refractivity contribution < 1.29 is 23.7 Å². The van der Waals surface area contributed by atoms with Crippen LogP contribution in [0.3, 0.4) is 0 Å². The van der Waals surface area contributed by atoms with Crippen molar-refractivity contribution in [2.45, 2.75) is 26.8 Å². The number of nitrogens with zero attached hydrogens (tertiary/aromatic N) is 1. The van der Waals surface area contributed by atoms with E-state index in [1.807, 2.05) is 20.9 Å². The largest absolute Gasteiger partial charge is 0.496 e. The van der Waals surface area contributed by atoms with Crippen molar-refractivity contribution in [3.05, 3.63) is 41.0 Å². The van der Waals surface area contributed by atoms with Crippen molar-refractivity contribution in [1.29, 1.82) is 0 Å². The van der Waals surface area contributed by atoms with E-state index in [9.17, 15) is 4.79 Å². The molecule has 0 aliphatic heterocycles. The summed E-state index contributed by atoms with van der Waals surface area (Å²) >= 11 is 0. The molecule has 0 aromatic heterocycles. The Balaban J connectivity index is 1.96. The predicted molar refractivity (Wildman–Crippen MR) is 118 cm³/mol. The summed E-state index contributed by atoms with van der Waals surface area (Å²) in [7, 11) is 8.32. The molecule has 0 saturated carbocycles. The third-order valence-corrected chi connectivity index (χ3v) is 4.85. The van der Waals surface area contributed by atoms with Crippen molar-refractivity contribution in [2.24, 2.45) is 0 Å². The van der Waals surface area contributed by atoms with Gasteiger partial charge in [0.2, 0.25) is 11.7 Å². The van der Waals surface area contributed by atoms with Gasteiger partial charge >= 0.3 is 0 Å². The molecule has 7 nitrogen and oxygen atoms in total. The topological polar surface area (TPSA) is 69.3 Å². The summed E-state index contributed by atoms with van der Waals surface area (Å²) in [4.78, 5) is 14.6. The number of aryl methyl sites for hydroxylation is 2. The second-order valence-electron chi connectivity index (χ2n) is 7.21. The molecule has 0 radical (unpaired) electrons. The summed E-state index contributed by atoms with van der Waals surface area (Å²) in [5, 5.41) is 2.90. The number of rotatable bonds is 10. The minimum atomic E-state index is -0.0850. The Hall–Kier alpha value is -2.93. The van der Waals surface area contributed by atoms with E-state index >= 15 is 0 Å². The minimum Gasteiger partial charge on any atom is -0.496 e. The molecule has 30 heavy (non-hydrogen) atoms. The average molecular weight is 417 g/mol. The van der Waals surface area contributed by atoms with Gasteiger partial charge in [0.15, 0.2) is 11.5 Å². The van der Waals surface area contributed by atoms with Crippen LogP contribution in [0, 0.1) is 13.8 Å². The highest BCUT2D eigenvalue weighted by Crippen LogP contribution is 2.39. The van der Waals surface area contributed by atoms with Gasteiger partial charge < -0.3 is 29.2 Å². The molecule has 0 unspecified atom stereocenters. The lowest BCUT2D eigenvalue weighted by molar-refractivity contribution is -0.116. The number of hydrogen-bond donors (Lipinski definition) is 1. The van der Waals surface area contributed by atoms with Crippen LogP contribution in [0.5, 0.6) is 23.0 Å². The van der Waals surface area contributed by atoms with Crippen LogP contribution >= 0.6 is 0 Å². The third-order valence-electron chi connectivity index (χ3n) is 4.85. The van der Waals surface area contributed by atoms with Gasteiger partial charge in [-0.2, -0.15) is 0 Å². The Labute approximate surface area is 178 Å². The van der Waals surface area contributed by atoms with Crippen LogP contribution in [0.25, 0.3) is 0 Å². The van der Waals surface area contributed by atoms with Crippen LogP contribution in [0.15, 0.2) is 24.3 Å². The van der Waals surface area contributed by atoms with Gasteiger partial charge in [-0.25, -0.2) is 0 Å². The lowest BCUT2D eigenvalue weighted by atomic mass is 10.1. The molecule has 0 aliphatic carbocycles. The fourth-order valence-electron chi connectivity index (χ4n) is 3.51. The van der Waals surface area contributed by atoms with Gasteiger partial charge in [-0.15, -0.1) is 0 Å². The first-order valence-electron chi connectivity index (χ1n) is 9.75. The highest BCUT2D eigenvalue weighted by atomic mass is 16.5. The van der Waals surface area contributed by atoms with Gasteiger partial charge in [-0.05, 0) is 37.6 Å². The van der Waals surface area contributed by atoms with E-state index in [1.165, 1.54) is 5.56 Å². The number of benzene rings is 2. The zero-order chi connectivity index (χ0) is 22.3. The number of carbonyl (C=O) groups excluding carboxylic acids is 1. The van der Waals surface area contributed by atoms with Crippen molar-refractivity contribution in [3.8, 4) is 23.0 Å². The van der Waals surface area contributed by atoms with Gasteiger partial charge in [0.05, 0.1) is 28.4 Å². The van der Waals surface area contributed by atoms with Crippen molar-refractivity contribution >= 4 is 11.6 Å². The van der Waals surface area contributed by atoms with Crippen LogP contribution < -0.4 is 24.3 Å². The molecule has 1 amide bonds. The summed E-state index contributed by atoms with van der Waals surface area (Å²) in [5.41, 5.74) is 4.01. The number of carbonyl (C=O) groups is 1. The van der Waals surface area contributed by atoms with E-state index in [0.717, 1.165) is 23.4 Å². The van der Waals surface area contributed by atoms with Crippen LogP contribution in [0.1, 0.15) is 23.1 Å².